The quantitative estimate of drug-likeness (QED) is 0.874. The van der Waals surface area contributed by atoms with Gasteiger partial charge in [0, 0.05) is 39.1 Å². The number of carbonyl (C=O) groups excluding carboxylic acids is 2. The zero-order chi connectivity index (χ0) is 15.1. The molecule has 5 nitrogen and oxygen atoms in total. The molecule has 1 N–H and O–H groups in total. The third kappa shape index (κ3) is 4.86. The van der Waals surface area contributed by atoms with E-state index in [1.807, 2.05) is 23.1 Å². The van der Waals surface area contributed by atoms with Crippen LogP contribution in [0.25, 0.3) is 0 Å². The maximum atomic E-state index is 12.0. The SMILES string of the molecule is CCC(=O)NCC(=O)N1CCN(Cc2ccccc2)CC1. The fraction of sp³-hybridized carbons (Fsp3) is 0.500. The first-order valence-corrected chi connectivity index (χ1v) is 7.49. The summed E-state index contributed by atoms with van der Waals surface area (Å²) in [5.74, 6) is -0.0674. The second kappa shape index (κ2) is 7.78. The van der Waals surface area contributed by atoms with Crippen molar-refractivity contribution in [3.05, 3.63) is 35.9 Å². The van der Waals surface area contributed by atoms with Crippen molar-refractivity contribution >= 4 is 11.8 Å². The number of carbonyl (C=O) groups is 2. The van der Waals surface area contributed by atoms with E-state index in [1.165, 1.54) is 5.56 Å². The molecule has 0 aromatic heterocycles. The summed E-state index contributed by atoms with van der Waals surface area (Å²) in [4.78, 5) is 27.3. The minimum absolute atomic E-state index is 0.0103. The topological polar surface area (TPSA) is 52.7 Å². The van der Waals surface area contributed by atoms with E-state index in [0.29, 0.717) is 6.42 Å². The number of benzene rings is 1. The minimum Gasteiger partial charge on any atom is -0.347 e. The minimum atomic E-state index is -0.0777. The molecule has 21 heavy (non-hydrogen) atoms. The van der Waals surface area contributed by atoms with E-state index in [0.717, 1.165) is 32.7 Å². The van der Waals surface area contributed by atoms with Crippen molar-refractivity contribution in [2.45, 2.75) is 19.9 Å². The summed E-state index contributed by atoms with van der Waals surface area (Å²) < 4.78 is 0. The molecule has 0 aliphatic carbocycles. The van der Waals surface area contributed by atoms with Gasteiger partial charge in [-0.2, -0.15) is 0 Å². The molecule has 1 aromatic carbocycles. The zero-order valence-corrected chi connectivity index (χ0v) is 12.5. The van der Waals surface area contributed by atoms with Crippen molar-refractivity contribution in [2.75, 3.05) is 32.7 Å². The number of nitrogens with zero attached hydrogens (tertiary/aromatic N) is 2. The van der Waals surface area contributed by atoms with Crippen LogP contribution in [0.2, 0.25) is 0 Å². The van der Waals surface area contributed by atoms with Crippen LogP contribution in [0.4, 0.5) is 0 Å². The van der Waals surface area contributed by atoms with Crippen LogP contribution in [0.3, 0.4) is 0 Å². The lowest BCUT2D eigenvalue weighted by atomic mass is 10.2. The molecule has 0 saturated carbocycles. The summed E-state index contributed by atoms with van der Waals surface area (Å²) in [7, 11) is 0. The normalized spacial score (nSPS) is 15.8. The van der Waals surface area contributed by atoms with Crippen molar-refractivity contribution in [1.82, 2.24) is 15.1 Å². The Bertz CT molecular complexity index is 468. The van der Waals surface area contributed by atoms with Gasteiger partial charge in [0.05, 0.1) is 6.54 Å². The Labute approximate surface area is 125 Å². The van der Waals surface area contributed by atoms with Gasteiger partial charge in [-0.3, -0.25) is 14.5 Å². The highest BCUT2D eigenvalue weighted by Crippen LogP contribution is 2.08. The average molecular weight is 289 g/mol. The molecule has 1 fully saturated rings. The van der Waals surface area contributed by atoms with E-state index >= 15 is 0 Å². The van der Waals surface area contributed by atoms with Gasteiger partial charge in [-0.15, -0.1) is 0 Å². The monoisotopic (exact) mass is 289 g/mol. The first kappa shape index (κ1) is 15.5. The van der Waals surface area contributed by atoms with Crippen LogP contribution in [0.5, 0.6) is 0 Å². The van der Waals surface area contributed by atoms with Crippen LogP contribution < -0.4 is 5.32 Å². The number of nitrogens with one attached hydrogen (secondary N) is 1. The molecule has 114 valence electrons. The van der Waals surface area contributed by atoms with Crippen LogP contribution in [-0.2, 0) is 16.1 Å². The molecular formula is C16H23N3O2. The maximum Gasteiger partial charge on any atom is 0.242 e. The van der Waals surface area contributed by atoms with Gasteiger partial charge in [0.2, 0.25) is 11.8 Å². The fourth-order valence-corrected chi connectivity index (χ4v) is 2.41. The molecule has 2 rings (SSSR count). The maximum absolute atomic E-state index is 12.0. The molecule has 5 heteroatoms. The van der Waals surface area contributed by atoms with Gasteiger partial charge in [-0.1, -0.05) is 37.3 Å². The Morgan fingerprint density at radius 2 is 1.76 bits per heavy atom. The number of amides is 2. The fourth-order valence-electron chi connectivity index (χ4n) is 2.41. The molecule has 1 aliphatic heterocycles. The Kier molecular flexibility index (Phi) is 5.75. The largest absolute Gasteiger partial charge is 0.347 e. The number of rotatable bonds is 5. The molecule has 1 aliphatic rings. The van der Waals surface area contributed by atoms with Gasteiger partial charge in [0.1, 0.15) is 0 Å². The molecular weight excluding hydrogens is 266 g/mol. The van der Waals surface area contributed by atoms with Crippen LogP contribution in [0.1, 0.15) is 18.9 Å². The predicted octanol–water partition coefficient (Wildman–Crippen LogP) is 0.857. The van der Waals surface area contributed by atoms with E-state index < -0.39 is 0 Å². The highest BCUT2D eigenvalue weighted by molar-refractivity contribution is 5.84. The Balaban J connectivity index is 1.72. The van der Waals surface area contributed by atoms with Crippen LogP contribution >= 0.6 is 0 Å². The molecule has 1 saturated heterocycles. The summed E-state index contributed by atoms with van der Waals surface area (Å²) in [5, 5.41) is 2.64. The molecule has 2 amide bonds. The Hall–Kier alpha value is -1.88. The van der Waals surface area contributed by atoms with Gasteiger partial charge in [0.25, 0.3) is 0 Å². The summed E-state index contributed by atoms with van der Waals surface area (Å²) in [6.45, 7) is 6.04. The van der Waals surface area contributed by atoms with Crippen molar-refractivity contribution in [3.63, 3.8) is 0 Å². The Morgan fingerprint density at radius 1 is 1.10 bits per heavy atom. The van der Waals surface area contributed by atoms with Crippen molar-refractivity contribution in [1.29, 1.82) is 0 Å². The van der Waals surface area contributed by atoms with E-state index in [1.54, 1.807) is 6.92 Å². The number of hydrogen-bond donors (Lipinski definition) is 1. The van der Waals surface area contributed by atoms with E-state index in [2.05, 4.69) is 22.3 Å². The van der Waals surface area contributed by atoms with Crippen LogP contribution in [-0.4, -0.2) is 54.3 Å². The highest BCUT2D eigenvalue weighted by Gasteiger charge is 2.21. The molecule has 0 spiro atoms. The van der Waals surface area contributed by atoms with Crippen molar-refractivity contribution < 1.29 is 9.59 Å². The average Bonchev–Trinajstić information content (AvgIpc) is 2.54. The zero-order valence-electron chi connectivity index (χ0n) is 12.5. The van der Waals surface area contributed by atoms with E-state index in [9.17, 15) is 9.59 Å². The smallest absolute Gasteiger partial charge is 0.242 e. The van der Waals surface area contributed by atoms with Gasteiger partial charge < -0.3 is 10.2 Å². The third-order valence-corrected chi connectivity index (χ3v) is 3.73. The van der Waals surface area contributed by atoms with Gasteiger partial charge >= 0.3 is 0 Å². The highest BCUT2D eigenvalue weighted by atomic mass is 16.2. The molecule has 1 heterocycles. The molecule has 0 unspecified atom stereocenters. The Morgan fingerprint density at radius 3 is 2.38 bits per heavy atom. The molecule has 0 radical (unpaired) electrons. The molecule has 1 aromatic rings. The lowest BCUT2D eigenvalue weighted by Gasteiger charge is -2.34. The predicted molar refractivity (Wildman–Crippen MR) is 81.6 cm³/mol. The van der Waals surface area contributed by atoms with Gasteiger partial charge in [-0.05, 0) is 5.56 Å². The summed E-state index contributed by atoms with van der Waals surface area (Å²) >= 11 is 0. The van der Waals surface area contributed by atoms with Crippen LogP contribution in [0, 0.1) is 0 Å². The first-order chi connectivity index (χ1) is 10.2. The standard InChI is InChI=1S/C16H23N3O2/c1-2-15(20)17-12-16(21)19-10-8-18(9-11-19)13-14-6-4-3-5-7-14/h3-7H,2,8-13H2,1H3,(H,17,20). The van der Waals surface area contributed by atoms with E-state index in [4.69, 9.17) is 0 Å². The van der Waals surface area contributed by atoms with Crippen molar-refractivity contribution in [2.24, 2.45) is 0 Å². The van der Waals surface area contributed by atoms with Gasteiger partial charge in [0.15, 0.2) is 0 Å². The van der Waals surface area contributed by atoms with Crippen LogP contribution in [0.15, 0.2) is 30.3 Å². The second-order valence-electron chi connectivity index (χ2n) is 5.27. The van der Waals surface area contributed by atoms with E-state index in [-0.39, 0.29) is 18.4 Å². The third-order valence-electron chi connectivity index (χ3n) is 3.73. The lowest BCUT2D eigenvalue weighted by Crippen LogP contribution is -2.50. The summed E-state index contributed by atoms with van der Waals surface area (Å²) in [6.07, 6.45) is 0.415. The number of hydrogen-bond acceptors (Lipinski definition) is 3. The van der Waals surface area contributed by atoms with Gasteiger partial charge in [-0.25, -0.2) is 0 Å². The lowest BCUT2D eigenvalue weighted by molar-refractivity contribution is -0.134. The molecule has 0 atom stereocenters. The summed E-state index contributed by atoms with van der Waals surface area (Å²) in [5.41, 5.74) is 1.30. The number of piperazine rings is 1. The molecule has 0 bridgehead atoms. The second-order valence-corrected chi connectivity index (χ2v) is 5.27. The summed E-state index contributed by atoms with van der Waals surface area (Å²) in [6, 6.07) is 10.4. The van der Waals surface area contributed by atoms with Crippen molar-refractivity contribution in [3.8, 4) is 0 Å². The first-order valence-electron chi connectivity index (χ1n) is 7.49.